The van der Waals surface area contributed by atoms with Gasteiger partial charge in [-0.15, -0.1) is 0 Å². The monoisotopic (exact) mass is 251 g/mol. The molecular formula is C14H21NO3. The first-order valence-electron chi connectivity index (χ1n) is 6.14. The molecule has 100 valence electrons. The van der Waals surface area contributed by atoms with Crippen molar-refractivity contribution in [1.29, 1.82) is 0 Å². The van der Waals surface area contributed by atoms with E-state index in [0.29, 0.717) is 12.5 Å². The molecule has 0 aliphatic carbocycles. The molecule has 4 nitrogen and oxygen atoms in total. The molecule has 0 fully saturated rings. The van der Waals surface area contributed by atoms with E-state index in [1.165, 1.54) is 11.1 Å². The van der Waals surface area contributed by atoms with Crippen LogP contribution >= 0.6 is 0 Å². The lowest BCUT2D eigenvalue weighted by molar-refractivity contribution is -0.135. The molecule has 0 unspecified atom stereocenters. The van der Waals surface area contributed by atoms with Crippen molar-refractivity contribution in [2.75, 3.05) is 20.2 Å². The maximum absolute atomic E-state index is 10.4. The van der Waals surface area contributed by atoms with Gasteiger partial charge in [-0.3, -0.25) is 4.79 Å². The first kappa shape index (κ1) is 14.5. The molecule has 0 atom stereocenters. The zero-order valence-electron chi connectivity index (χ0n) is 11.2. The highest BCUT2D eigenvalue weighted by Crippen LogP contribution is 2.27. The number of hydrogen-bond acceptors (Lipinski definition) is 3. The summed E-state index contributed by atoms with van der Waals surface area (Å²) in [4.78, 5) is 10.4. The number of benzene rings is 1. The summed E-state index contributed by atoms with van der Waals surface area (Å²) in [5, 5.41) is 11.4. The number of aliphatic carboxylic acids is 1. The third-order valence-corrected chi connectivity index (χ3v) is 2.78. The number of hydrogen-bond donors (Lipinski definition) is 2. The minimum absolute atomic E-state index is 0.00714. The Labute approximate surface area is 108 Å². The topological polar surface area (TPSA) is 58.6 Å². The van der Waals surface area contributed by atoms with E-state index < -0.39 is 5.97 Å². The minimum atomic E-state index is -0.826. The third kappa shape index (κ3) is 4.37. The zero-order chi connectivity index (χ0) is 13.5. The lowest BCUT2D eigenvalue weighted by Crippen LogP contribution is -2.24. The highest BCUT2D eigenvalue weighted by Gasteiger charge is 2.08. The lowest BCUT2D eigenvalue weighted by atomic mass is 9.98. The van der Waals surface area contributed by atoms with Gasteiger partial charge in [0.1, 0.15) is 5.75 Å². The first-order chi connectivity index (χ1) is 8.54. The van der Waals surface area contributed by atoms with Gasteiger partial charge in [0.2, 0.25) is 0 Å². The van der Waals surface area contributed by atoms with E-state index in [9.17, 15) is 4.79 Å². The molecule has 1 aromatic carbocycles. The maximum Gasteiger partial charge on any atom is 0.317 e. The highest BCUT2D eigenvalue weighted by molar-refractivity contribution is 5.68. The number of carboxylic acids is 1. The van der Waals surface area contributed by atoms with E-state index in [2.05, 4.69) is 25.2 Å². The summed E-state index contributed by atoms with van der Waals surface area (Å²) in [7, 11) is 1.68. The van der Waals surface area contributed by atoms with Gasteiger partial charge in [-0.25, -0.2) is 0 Å². The van der Waals surface area contributed by atoms with Crippen LogP contribution in [0.5, 0.6) is 5.75 Å². The highest BCUT2D eigenvalue weighted by atomic mass is 16.5. The Morgan fingerprint density at radius 3 is 2.72 bits per heavy atom. The van der Waals surface area contributed by atoms with Crippen LogP contribution in [-0.2, 0) is 11.2 Å². The fraction of sp³-hybridized carbons (Fsp3) is 0.500. The lowest BCUT2D eigenvalue weighted by Gasteiger charge is -2.13. The predicted molar refractivity (Wildman–Crippen MR) is 71.3 cm³/mol. The quantitative estimate of drug-likeness (QED) is 0.728. The number of carbonyl (C=O) groups is 1. The fourth-order valence-corrected chi connectivity index (χ4v) is 1.82. The number of rotatable bonds is 7. The molecule has 0 saturated carbocycles. The minimum Gasteiger partial charge on any atom is -0.496 e. The van der Waals surface area contributed by atoms with Crippen molar-refractivity contribution >= 4 is 5.97 Å². The van der Waals surface area contributed by atoms with Gasteiger partial charge in [-0.05, 0) is 36.1 Å². The summed E-state index contributed by atoms with van der Waals surface area (Å²) in [6, 6.07) is 6.13. The summed E-state index contributed by atoms with van der Waals surface area (Å²) < 4.78 is 5.33. The number of carboxylic acid groups (broad SMARTS) is 1. The summed E-state index contributed by atoms with van der Waals surface area (Å²) in [6.45, 7) is 4.93. The van der Waals surface area contributed by atoms with E-state index in [0.717, 1.165) is 12.2 Å². The molecule has 0 spiro atoms. The average Bonchev–Trinajstić information content (AvgIpc) is 2.34. The van der Waals surface area contributed by atoms with Crippen molar-refractivity contribution in [1.82, 2.24) is 5.32 Å². The molecule has 1 aromatic rings. The Balaban J connectivity index is 2.61. The van der Waals surface area contributed by atoms with E-state index in [1.54, 1.807) is 7.11 Å². The molecule has 2 N–H and O–H groups in total. The normalized spacial score (nSPS) is 10.7. The van der Waals surface area contributed by atoms with Crippen LogP contribution in [0.2, 0.25) is 0 Å². The summed E-state index contributed by atoms with van der Waals surface area (Å²) >= 11 is 0. The SMILES string of the molecule is COc1ccc(CCNCC(=O)O)cc1C(C)C. The van der Waals surface area contributed by atoms with Gasteiger partial charge in [0, 0.05) is 0 Å². The molecule has 18 heavy (non-hydrogen) atoms. The fourth-order valence-electron chi connectivity index (χ4n) is 1.82. The Bertz CT molecular complexity index is 402. The second kappa shape index (κ2) is 7.01. The molecule has 0 aliphatic heterocycles. The zero-order valence-corrected chi connectivity index (χ0v) is 11.2. The van der Waals surface area contributed by atoms with Crippen LogP contribution in [0.15, 0.2) is 18.2 Å². The Morgan fingerprint density at radius 1 is 1.44 bits per heavy atom. The Hall–Kier alpha value is -1.55. The van der Waals surface area contributed by atoms with Crippen molar-refractivity contribution in [3.05, 3.63) is 29.3 Å². The van der Waals surface area contributed by atoms with Crippen LogP contribution in [0, 0.1) is 0 Å². The van der Waals surface area contributed by atoms with Gasteiger partial charge in [0.15, 0.2) is 0 Å². The van der Waals surface area contributed by atoms with Crippen LogP contribution in [0.3, 0.4) is 0 Å². The second-order valence-electron chi connectivity index (χ2n) is 4.55. The molecular weight excluding hydrogens is 230 g/mol. The largest absolute Gasteiger partial charge is 0.496 e. The summed E-state index contributed by atoms with van der Waals surface area (Å²) in [6.07, 6.45) is 0.816. The van der Waals surface area contributed by atoms with Crippen LogP contribution in [0.1, 0.15) is 30.9 Å². The smallest absolute Gasteiger partial charge is 0.317 e. The van der Waals surface area contributed by atoms with Crippen LogP contribution in [0.25, 0.3) is 0 Å². The molecule has 4 heteroatoms. The van der Waals surface area contributed by atoms with E-state index in [1.807, 2.05) is 12.1 Å². The number of ether oxygens (including phenoxy) is 1. The van der Waals surface area contributed by atoms with Crippen LogP contribution < -0.4 is 10.1 Å². The third-order valence-electron chi connectivity index (χ3n) is 2.78. The van der Waals surface area contributed by atoms with E-state index >= 15 is 0 Å². The average molecular weight is 251 g/mol. The molecule has 0 aliphatic rings. The standard InChI is InChI=1S/C14H21NO3/c1-10(2)12-8-11(4-5-13(12)18-3)6-7-15-9-14(16)17/h4-5,8,10,15H,6-7,9H2,1-3H3,(H,16,17). The van der Waals surface area contributed by atoms with Crippen molar-refractivity contribution in [2.24, 2.45) is 0 Å². The maximum atomic E-state index is 10.4. The molecule has 0 heterocycles. The molecule has 1 rings (SSSR count). The first-order valence-corrected chi connectivity index (χ1v) is 6.14. The molecule has 0 radical (unpaired) electrons. The molecule has 0 bridgehead atoms. The van der Waals surface area contributed by atoms with Gasteiger partial charge in [0.25, 0.3) is 0 Å². The predicted octanol–water partition coefficient (Wildman–Crippen LogP) is 2.04. The van der Waals surface area contributed by atoms with Gasteiger partial charge in [-0.2, -0.15) is 0 Å². The van der Waals surface area contributed by atoms with Crippen LogP contribution in [0.4, 0.5) is 0 Å². The van der Waals surface area contributed by atoms with Gasteiger partial charge in [0.05, 0.1) is 13.7 Å². The van der Waals surface area contributed by atoms with Gasteiger partial charge >= 0.3 is 5.97 Å². The van der Waals surface area contributed by atoms with Crippen molar-refractivity contribution in [3.8, 4) is 5.75 Å². The van der Waals surface area contributed by atoms with Gasteiger partial charge in [-0.1, -0.05) is 26.0 Å². The molecule has 0 amide bonds. The number of nitrogens with one attached hydrogen (secondary N) is 1. The summed E-state index contributed by atoms with van der Waals surface area (Å²) in [5.74, 6) is 0.492. The Morgan fingerprint density at radius 2 is 2.17 bits per heavy atom. The van der Waals surface area contributed by atoms with E-state index in [-0.39, 0.29) is 6.54 Å². The van der Waals surface area contributed by atoms with Crippen molar-refractivity contribution in [2.45, 2.75) is 26.2 Å². The number of methoxy groups -OCH3 is 1. The molecule has 0 saturated heterocycles. The summed E-state index contributed by atoms with van der Waals surface area (Å²) in [5.41, 5.74) is 2.38. The van der Waals surface area contributed by atoms with Gasteiger partial charge < -0.3 is 15.2 Å². The molecule has 0 aromatic heterocycles. The van der Waals surface area contributed by atoms with E-state index in [4.69, 9.17) is 9.84 Å². The second-order valence-corrected chi connectivity index (χ2v) is 4.55. The Kier molecular flexibility index (Phi) is 5.65. The van der Waals surface area contributed by atoms with Crippen molar-refractivity contribution in [3.63, 3.8) is 0 Å². The van der Waals surface area contributed by atoms with Crippen molar-refractivity contribution < 1.29 is 14.6 Å². The van der Waals surface area contributed by atoms with Crippen LogP contribution in [-0.4, -0.2) is 31.3 Å².